The fourth-order valence-electron chi connectivity index (χ4n) is 2.05. The average Bonchev–Trinajstić information content (AvgIpc) is 2.42. The monoisotopic (exact) mass is 319 g/mol. The highest BCUT2D eigenvalue weighted by Gasteiger charge is 2.18. The molecule has 0 atom stereocenters. The van der Waals surface area contributed by atoms with Gasteiger partial charge in [-0.1, -0.05) is 18.2 Å². The van der Waals surface area contributed by atoms with E-state index in [2.05, 4.69) is 4.72 Å². The second-order valence-electron chi connectivity index (χ2n) is 5.21. The van der Waals surface area contributed by atoms with E-state index >= 15 is 0 Å². The lowest BCUT2D eigenvalue weighted by atomic mass is 10.1. The van der Waals surface area contributed by atoms with Crippen molar-refractivity contribution < 1.29 is 18.3 Å². The smallest absolute Gasteiger partial charge is 0.335 e. The van der Waals surface area contributed by atoms with Gasteiger partial charge in [0.1, 0.15) is 0 Å². The lowest BCUT2D eigenvalue weighted by Gasteiger charge is -2.12. The van der Waals surface area contributed by atoms with Gasteiger partial charge in [-0.2, -0.15) is 0 Å². The summed E-state index contributed by atoms with van der Waals surface area (Å²) in [7, 11) is -3.84. The van der Waals surface area contributed by atoms with Crippen LogP contribution in [0.1, 0.15) is 27.0 Å². The van der Waals surface area contributed by atoms with E-state index in [0.29, 0.717) is 11.3 Å². The number of nitrogens with one attached hydrogen (secondary N) is 1. The first-order valence-electron chi connectivity index (χ1n) is 6.65. The Labute approximate surface area is 129 Å². The number of hydrogen-bond acceptors (Lipinski definition) is 3. The summed E-state index contributed by atoms with van der Waals surface area (Å²) in [6.45, 7) is 5.29. The third kappa shape index (κ3) is 3.28. The maximum absolute atomic E-state index is 12.4. The zero-order valence-electron chi connectivity index (χ0n) is 12.5. The van der Waals surface area contributed by atoms with Crippen LogP contribution in [0.4, 0.5) is 5.69 Å². The molecule has 2 N–H and O–H groups in total. The SMILES string of the molecule is Cc1ccc(C)c(NS(=O)(=O)c2ccc(C)c(C(=O)O)c2)c1. The largest absolute Gasteiger partial charge is 0.478 e. The van der Waals surface area contributed by atoms with Gasteiger partial charge in [-0.3, -0.25) is 4.72 Å². The molecule has 0 aliphatic carbocycles. The van der Waals surface area contributed by atoms with Crippen LogP contribution in [0.25, 0.3) is 0 Å². The van der Waals surface area contributed by atoms with Crippen molar-refractivity contribution in [2.45, 2.75) is 25.7 Å². The predicted octanol–water partition coefficient (Wildman–Crippen LogP) is 3.11. The minimum Gasteiger partial charge on any atom is -0.478 e. The summed E-state index contributed by atoms with van der Waals surface area (Å²) in [5, 5.41) is 9.11. The van der Waals surface area contributed by atoms with Crippen LogP contribution in [0.2, 0.25) is 0 Å². The first-order chi connectivity index (χ1) is 10.2. The minimum absolute atomic E-state index is 0.0242. The zero-order chi connectivity index (χ0) is 16.5. The van der Waals surface area contributed by atoms with E-state index in [0.717, 1.165) is 11.1 Å². The normalized spacial score (nSPS) is 11.2. The number of aromatic carboxylic acids is 1. The third-order valence-corrected chi connectivity index (χ3v) is 4.75. The molecule has 0 heterocycles. The summed E-state index contributed by atoms with van der Waals surface area (Å²) in [6, 6.07) is 9.51. The van der Waals surface area contributed by atoms with Crippen molar-refractivity contribution in [3.05, 3.63) is 58.7 Å². The van der Waals surface area contributed by atoms with Gasteiger partial charge < -0.3 is 5.11 Å². The van der Waals surface area contributed by atoms with E-state index in [9.17, 15) is 13.2 Å². The Balaban J connectivity index is 2.45. The van der Waals surface area contributed by atoms with E-state index in [1.807, 2.05) is 19.1 Å². The zero-order valence-corrected chi connectivity index (χ0v) is 13.4. The molecule has 0 unspecified atom stereocenters. The maximum atomic E-state index is 12.4. The molecule has 0 saturated heterocycles. The molecule has 0 aliphatic heterocycles. The quantitative estimate of drug-likeness (QED) is 0.907. The van der Waals surface area contributed by atoms with Crippen LogP contribution in [0.5, 0.6) is 0 Å². The first-order valence-corrected chi connectivity index (χ1v) is 8.13. The van der Waals surface area contributed by atoms with Gasteiger partial charge in [0, 0.05) is 0 Å². The van der Waals surface area contributed by atoms with Crippen molar-refractivity contribution in [3.8, 4) is 0 Å². The summed E-state index contributed by atoms with van der Waals surface area (Å²) in [4.78, 5) is 11.1. The Morgan fingerprint density at radius 2 is 1.64 bits per heavy atom. The highest BCUT2D eigenvalue weighted by atomic mass is 32.2. The molecule has 0 spiro atoms. The first kappa shape index (κ1) is 16.0. The topological polar surface area (TPSA) is 83.5 Å². The van der Waals surface area contributed by atoms with E-state index in [1.165, 1.54) is 18.2 Å². The molecule has 0 fully saturated rings. The molecule has 116 valence electrons. The molecule has 0 saturated carbocycles. The average molecular weight is 319 g/mol. The van der Waals surface area contributed by atoms with E-state index in [-0.39, 0.29) is 10.5 Å². The molecule has 22 heavy (non-hydrogen) atoms. The number of sulfonamides is 1. The lowest BCUT2D eigenvalue weighted by Crippen LogP contribution is -2.15. The van der Waals surface area contributed by atoms with Gasteiger partial charge in [-0.05, 0) is 55.7 Å². The number of aryl methyl sites for hydroxylation is 3. The second kappa shape index (κ2) is 5.81. The van der Waals surface area contributed by atoms with E-state index in [1.54, 1.807) is 19.9 Å². The second-order valence-corrected chi connectivity index (χ2v) is 6.89. The van der Waals surface area contributed by atoms with Crippen molar-refractivity contribution in [1.82, 2.24) is 0 Å². The Hall–Kier alpha value is -2.34. The predicted molar refractivity (Wildman–Crippen MR) is 84.9 cm³/mol. The molecule has 6 heteroatoms. The molecule has 0 radical (unpaired) electrons. The number of carbonyl (C=O) groups is 1. The molecular weight excluding hydrogens is 302 g/mol. The third-order valence-electron chi connectivity index (χ3n) is 3.39. The van der Waals surface area contributed by atoms with Crippen molar-refractivity contribution in [3.63, 3.8) is 0 Å². The number of benzene rings is 2. The van der Waals surface area contributed by atoms with Crippen molar-refractivity contribution in [2.75, 3.05) is 4.72 Å². The highest BCUT2D eigenvalue weighted by molar-refractivity contribution is 7.92. The minimum atomic E-state index is -3.84. The van der Waals surface area contributed by atoms with E-state index in [4.69, 9.17) is 5.11 Å². The van der Waals surface area contributed by atoms with Crippen molar-refractivity contribution in [2.24, 2.45) is 0 Å². The van der Waals surface area contributed by atoms with Crippen LogP contribution >= 0.6 is 0 Å². The Bertz CT molecular complexity index is 841. The molecule has 2 aromatic carbocycles. The van der Waals surface area contributed by atoms with Gasteiger partial charge in [0.05, 0.1) is 16.1 Å². The van der Waals surface area contributed by atoms with Crippen LogP contribution in [0.15, 0.2) is 41.3 Å². The summed E-state index contributed by atoms with van der Waals surface area (Å²) < 4.78 is 27.4. The summed E-state index contributed by atoms with van der Waals surface area (Å²) in [6.07, 6.45) is 0. The lowest BCUT2D eigenvalue weighted by molar-refractivity contribution is 0.0696. The van der Waals surface area contributed by atoms with Gasteiger partial charge in [0.15, 0.2) is 0 Å². The number of anilines is 1. The summed E-state index contributed by atoms with van der Waals surface area (Å²) in [5.74, 6) is -1.15. The van der Waals surface area contributed by atoms with Crippen molar-refractivity contribution >= 4 is 21.7 Å². The standard InChI is InChI=1S/C16H17NO4S/c1-10-4-5-12(3)15(8-10)17-22(20,21)13-7-6-11(2)14(9-13)16(18)19/h4-9,17H,1-3H3,(H,18,19). The fourth-order valence-corrected chi connectivity index (χ4v) is 3.20. The Morgan fingerprint density at radius 1 is 1.00 bits per heavy atom. The molecule has 0 aromatic heterocycles. The van der Waals surface area contributed by atoms with E-state index < -0.39 is 16.0 Å². The van der Waals surface area contributed by atoms with Crippen LogP contribution in [0, 0.1) is 20.8 Å². The number of rotatable bonds is 4. The summed E-state index contributed by atoms with van der Waals surface area (Å²) in [5.41, 5.74) is 2.69. The molecule has 0 aliphatic rings. The van der Waals surface area contributed by atoms with Crippen LogP contribution in [0.3, 0.4) is 0 Å². The number of carboxylic acid groups (broad SMARTS) is 1. The number of carboxylic acids is 1. The summed E-state index contributed by atoms with van der Waals surface area (Å²) >= 11 is 0. The molecule has 2 aromatic rings. The number of hydrogen-bond donors (Lipinski definition) is 2. The Morgan fingerprint density at radius 3 is 2.27 bits per heavy atom. The van der Waals surface area contributed by atoms with Gasteiger partial charge in [0.25, 0.3) is 10.0 Å². The Kier molecular flexibility index (Phi) is 4.23. The van der Waals surface area contributed by atoms with Gasteiger partial charge >= 0.3 is 5.97 Å². The van der Waals surface area contributed by atoms with Gasteiger partial charge in [-0.15, -0.1) is 0 Å². The van der Waals surface area contributed by atoms with Crippen LogP contribution in [-0.2, 0) is 10.0 Å². The van der Waals surface area contributed by atoms with Crippen LogP contribution < -0.4 is 4.72 Å². The van der Waals surface area contributed by atoms with Gasteiger partial charge in [0.2, 0.25) is 0 Å². The molecule has 0 amide bonds. The highest BCUT2D eigenvalue weighted by Crippen LogP contribution is 2.22. The molecule has 5 nitrogen and oxygen atoms in total. The van der Waals surface area contributed by atoms with Crippen LogP contribution in [-0.4, -0.2) is 19.5 Å². The maximum Gasteiger partial charge on any atom is 0.335 e. The van der Waals surface area contributed by atoms with Gasteiger partial charge in [-0.25, -0.2) is 13.2 Å². The molecule has 2 rings (SSSR count). The fraction of sp³-hybridized carbons (Fsp3) is 0.188. The molecular formula is C16H17NO4S. The molecule has 0 bridgehead atoms. The van der Waals surface area contributed by atoms with Crippen molar-refractivity contribution in [1.29, 1.82) is 0 Å².